The lowest BCUT2D eigenvalue weighted by Gasteiger charge is -2.29. The molecule has 1 aliphatic carbocycles. The van der Waals surface area contributed by atoms with Gasteiger partial charge >= 0.3 is 5.97 Å². The standard InChI is InChI=1S/C11H21NO2/c1-8(2)12-7-9-5-3-4-6-10(9)11(13)14/h8-10,12H,3-7H2,1-2H3,(H,13,14). The van der Waals surface area contributed by atoms with Crippen LogP contribution in [0.3, 0.4) is 0 Å². The van der Waals surface area contributed by atoms with E-state index in [9.17, 15) is 4.79 Å². The molecule has 0 spiro atoms. The second kappa shape index (κ2) is 5.35. The average Bonchev–Trinajstić information content (AvgIpc) is 2.15. The summed E-state index contributed by atoms with van der Waals surface area (Å²) in [7, 11) is 0. The molecule has 0 aliphatic heterocycles. The van der Waals surface area contributed by atoms with Gasteiger partial charge in [-0.1, -0.05) is 26.7 Å². The molecule has 0 aromatic heterocycles. The summed E-state index contributed by atoms with van der Waals surface area (Å²) < 4.78 is 0. The van der Waals surface area contributed by atoms with Crippen molar-refractivity contribution in [3.63, 3.8) is 0 Å². The van der Waals surface area contributed by atoms with E-state index >= 15 is 0 Å². The van der Waals surface area contributed by atoms with Crippen molar-refractivity contribution in [3.8, 4) is 0 Å². The molecule has 1 fully saturated rings. The number of aliphatic carboxylic acids is 1. The van der Waals surface area contributed by atoms with E-state index in [1.165, 1.54) is 6.42 Å². The van der Waals surface area contributed by atoms with Gasteiger partial charge in [0, 0.05) is 6.04 Å². The van der Waals surface area contributed by atoms with E-state index in [2.05, 4.69) is 19.2 Å². The minimum Gasteiger partial charge on any atom is -0.481 e. The van der Waals surface area contributed by atoms with E-state index in [-0.39, 0.29) is 5.92 Å². The molecule has 0 aromatic rings. The van der Waals surface area contributed by atoms with Crippen LogP contribution in [0.2, 0.25) is 0 Å². The van der Waals surface area contributed by atoms with Crippen molar-refractivity contribution in [2.75, 3.05) is 6.54 Å². The van der Waals surface area contributed by atoms with Crippen LogP contribution < -0.4 is 5.32 Å². The van der Waals surface area contributed by atoms with E-state index in [0.29, 0.717) is 12.0 Å². The van der Waals surface area contributed by atoms with Crippen molar-refractivity contribution in [2.24, 2.45) is 11.8 Å². The Balaban J connectivity index is 2.42. The first-order chi connectivity index (χ1) is 6.61. The number of carbonyl (C=O) groups is 1. The topological polar surface area (TPSA) is 49.3 Å². The summed E-state index contributed by atoms with van der Waals surface area (Å²) in [6, 6.07) is 0.450. The van der Waals surface area contributed by atoms with Crippen LogP contribution >= 0.6 is 0 Å². The highest BCUT2D eigenvalue weighted by Crippen LogP contribution is 2.29. The minimum atomic E-state index is -0.611. The number of hydrogen-bond acceptors (Lipinski definition) is 2. The van der Waals surface area contributed by atoms with Crippen LogP contribution in [-0.2, 0) is 4.79 Å². The van der Waals surface area contributed by atoms with E-state index in [1.54, 1.807) is 0 Å². The maximum Gasteiger partial charge on any atom is 0.306 e. The molecular formula is C11H21NO2. The van der Waals surface area contributed by atoms with Crippen molar-refractivity contribution < 1.29 is 9.90 Å². The molecule has 0 bridgehead atoms. The van der Waals surface area contributed by atoms with Crippen LogP contribution in [0.15, 0.2) is 0 Å². The van der Waals surface area contributed by atoms with Crippen molar-refractivity contribution in [2.45, 2.75) is 45.6 Å². The highest BCUT2D eigenvalue weighted by atomic mass is 16.4. The number of carboxylic acids is 1. The van der Waals surface area contributed by atoms with Crippen molar-refractivity contribution in [1.29, 1.82) is 0 Å². The van der Waals surface area contributed by atoms with Gasteiger partial charge in [-0.05, 0) is 25.3 Å². The van der Waals surface area contributed by atoms with Crippen molar-refractivity contribution in [3.05, 3.63) is 0 Å². The SMILES string of the molecule is CC(C)NCC1CCCCC1C(=O)O. The molecule has 1 rings (SSSR count). The largest absolute Gasteiger partial charge is 0.481 e. The normalized spacial score (nSPS) is 27.9. The van der Waals surface area contributed by atoms with Crippen LogP contribution in [0.4, 0.5) is 0 Å². The van der Waals surface area contributed by atoms with Crippen molar-refractivity contribution in [1.82, 2.24) is 5.32 Å². The Morgan fingerprint density at radius 3 is 2.64 bits per heavy atom. The second-order valence-electron chi connectivity index (χ2n) is 4.55. The zero-order valence-electron chi connectivity index (χ0n) is 9.12. The lowest BCUT2D eigenvalue weighted by Crippen LogP contribution is -2.37. The summed E-state index contributed by atoms with van der Waals surface area (Å²) in [5.74, 6) is -0.390. The lowest BCUT2D eigenvalue weighted by molar-refractivity contribution is -0.144. The smallest absolute Gasteiger partial charge is 0.306 e. The summed E-state index contributed by atoms with van der Waals surface area (Å²) in [6.45, 7) is 5.05. The highest BCUT2D eigenvalue weighted by molar-refractivity contribution is 5.70. The third-order valence-corrected chi connectivity index (χ3v) is 3.01. The molecule has 3 nitrogen and oxygen atoms in total. The second-order valence-corrected chi connectivity index (χ2v) is 4.55. The van der Waals surface area contributed by atoms with Gasteiger partial charge in [0.25, 0.3) is 0 Å². The van der Waals surface area contributed by atoms with Gasteiger partial charge < -0.3 is 10.4 Å². The number of rotatable bonds is 4. The molecule has 0 heterocycles. The number of carboxylic acid groups (broad SMARTS) is 1. The zero-order valence-corrected chi connectivity index (χ0v) is 9.12. The maximum absolute atomic E-state index is 11.0. The maximum atomic E-state index is 11.0. The van der Waals surface area contributed by atoms with Crippen molar-refractivity contribution >= 4 is 5.97 Å². The predicted molar refractivity (Wildman–Crippen MR) is 56.2 cm³/mol. The van der Waals surface area contributed by atoms with Crippen LogP contribution in [0, 0.1) is 11.8 Å². The molecular weight excluding hydrogens is 178 g/mol. The van der Waals surface area contributed by atoms with Crippen LogP contribution in [0.5, 0.6) is 0 Å². The summed E-state index contributed by atoms with van der Waals surface area (Å²) in [5, 5.41) is 12.4. The summed E-state index contributed by atoms with van der Waals surface area (Å²) >= 11 is 0. The minimum absolute atomic E-state index is 0.116. The highest BCUT2D eigenvalue weighted by Gasteiger charge is 2.30. The van der Waals surface area contributed by atoms with Crippen LogP contribution in [-0.4, -0.2) is 23.7 Å². The molecule has 0 saturated heterocycles. The first-order valence-corrected chi connectivity index (χ1v) is 5.57. The molecule has 1 saturated carbocycles. The summed E-state index contributed by atoms with van der Waals surface area (Å²) in [6.07, 6.45) is 4.19. The monoisotopic (exact) mass is 199 g/mol. The fourth-order valence-corrected chi connectivity index (χ4v) is 2.16. The number of hydrogen-bond donors (Lipinski definition) is 2. The van der Waals surface area contributed by atoms with Crippen LogP contribution in [0.25, 0.3) is 0 Å². The first-order valence-electron chi connectivity index (χ1n) is 5.57. The Hall–Kier alpha value is -0.570. The Kier molecular flexibility index (Phi) is 4.39. The molecule has 14 heavy (non-hydrogen) atoms. The Morgan fingerprint density at radius 1 is 1.43 bits per heavy atom. The molecule has 2 unspecified atom stereocenters. The van der Waals surface area contributed by atoms with E-state index < -0.39 is 5.97 Å². The third-order valence-electron chi connectivity index (χ3n) is 3.01. The van der Waals surface area contributed by atoms with Gasteiger partial charge in [-0.15, -0.1) is 0 Å². The van der Waals surface area contributed by atoms with Gasteiger partial charge in [-0.2, -0.15) is 0 Å². The molecule has 82 valence electrons. The molecule has 0 radical (unpaired) electrons. The van der Waals surface area contributed by atoms with Gasteiger partial charge in [-0.25, -0.2) is 0 Å². The van der Waals surface area contributed by atoms with E-state index in [4.69, 9.17) is 5.11 Å². The molecule has 0 amide bonds. The van der Waals surface area contributed by atoms with Gasteiger partial charge in [-0.3, -0.25) is 4.79 Å². The van der Waals surface area contributed by atoms with E-state index in [1.807, 2.05) is 0 Å². The lowest BCUT2D eigenvalue weighted by atomic mass is 9.79. The molecule has 2 N–H and O–H groups in total. The Bertz CT molecular complexity index is 192. The quantitative estimate of drug-likeness (QED) is 0.726. The number of nitrogens with one attached hydrogen (secondary N) is 1. The van der Waals surface area contributed by atoms with Crippen LogP contribution in [0.1, 0.15) is 39.5 Å². The molecule has 3 heteroatoms. The molecule has 0 aromatic carbocycles. The fourth-order valence-electron chi connectivity index (χ4n) is 2.16. The molecule has 1 aliphatic rings. The Morgan fingerprint density at radius 2 is 2.07 bits per heavy atom. The Labute approximate surface area is 85.9 Å². The summed E-state index contributed by atoms with van der Waals surface area (Å²) in [5.41, 5.74) is 0. The van der Waals surface area contributed by atoms with E-state index in [0.717, 1.165) is 25.8 Å². The average molecular weight is 199 g/mol. The predicted octanol–water partition coefficient (Wildman–Crippen LogP) is 1.88. The van der Waals surface area contributed by atoms with Gasteiger partial charge in [0.2, 0.25) is 0 Å². The first kappa shape index (κ1) is 11.5. The van der Waals surface area contributed by atoms with Gasteiger partial charge in [0.15, 0.2) is 0 Å². The summed E-state index contributed by atoms with van der Waals surface area (Å²) in [4.78, 5) is 11.0. The van der Waals surface area contributed by atoms with Gasteiger partial charge in [0.05, 0.1) is 5.92 Å². The van der Waals surface area contributed by atoms with Gasteiger partial charge in [0.1, 0.15) is 0 Å². The third kappa shape index (κ3) is 3.29. The zero-order chi connectivity index (χ0) is 10.6. The molecule has 2 atom stereocenters. The fraction of sp³-hybridized carbons (Fsp3) is 0.909.